The van der Waals surface area contributed by atoms with E-state index >= 15 is 0 Å². The quantitative estimate of drug-likeness (QED) is 0.715. The zero-order valence-electron chi connectivity index (χ0n) is 10.8. The average Bonchev–Trinajstić information content (AvgIpc) is 2.02. The van der Waals surface area contributed by atoms with Crippen LogP contribution < -0.4 is 5.32 Å². The Hall–Kier alpha value is -0.570. The second-order valence-electron chi connectivity index (χ2n) is 5.94. The van der Waals surface area contributed by atoms with Crippen molar-refractivity contribution in [3.05, 3.63) is 0 Å². The van der Waals surface area contributed by atoms with Gasteiger partial charge in [-0.05, 0) is 25.2 Å². The Morgan fingerprint density at radius 2 is 1.67 bits per heavy atom. The second-order valence-corrected chi connectivity index (χ2v) is 5.94. The lowest BCUT2D eigenvalue weighted by Gasteiger charge is -2.31. The molecule has 2 N–H and O–H groups in total. The van der Waals surface area contributed by atoms with Crippen molar-refractivity contribution in [1.82, 2.24) is 5.32 Å². The molecule has 0 aliphatic carbocycles. The molecule has 3 heteroatoms. The molecule has 15 heavy (non-hydrogen) atoms. The molecule has 0 radical (unpaired) electrons. The SMILES string of the molecule is CC(C)C(C)(C)CNCC(C)(C)C(=O)O. The molecule has 0 spiro atoms. The number of carboxylic acids is 1. The van der Waals surface area contributed by atoms with Crippen LogP contribution in [0.25, 0.3) is 0 Å². The third-order valence-electron chi connectivity index (χ3n) is 3.29. The van der Waals surface area contributed by atoms with Crippen molar-refractivity contribution in [1.29, 1.82) is 0 Å². The summed E-state index contributed by atoms with van der Waals surface area (Å²) in [5.74, 6) is -0.171. The van der Waals surface area contributed by atoms with Crippen molar-refractivity contribution in [2.75, 3.05) is 13.1 Å². The van der Waals surface area contributed by atoms with Gasteiger partial charge < -0.3 is 10.4 Å². The van der Waals surface area contributed by atoms with E-state index in [-0.39, 0.29) is 5.41 Å². The van der Waals surface area contributed by atoms with E-state index in [0.29, 0.717) is 12.5 Å². The van der Waals surface area contributed by atoms with Crippen LogP contribution in [0, 0.1) is 16.7 Å². The third kappa shape index (κ3) is 4.65. The van der Waals surface area contributed by atoms with E-state index in [1.165, 1.54) is 0 Å². The van der Waals surface area contributed by atoms with Crippen molar-refractivity contribution in [2.24, 2.45) is 16.7 Å². The molecule has 0 saturated heterocycles. The minimum absolute atomic E-state index is 0.203. The normalized spacial score (nSPS) is 13.3. The van der Waals surface area contributed by atoms with Gasteiger partial charge in [0.15, 0.2) is 0 Å². The first-order chi connectivity index (χ1) is 6.59. The molecule has 0 aromatic carbocycles. The van der Waals surface area contributed by atoms with Crippen LogP contribution in [0.5, 0.6) is 0 Å². The summed E-state index contributed by atoms with van der Waals surface area (Å²) in [6.07, 6.45) is 0. The largest absolute Gasteiger partial charge is 0.481 e. The van der Waals surface area contributed by atoms with Crippen LogP contribution in [0.3, 0.4) is 0 Å². The highest BCUT2D eigenvalue weighted by Gasteiger charge is 2.28. The predicted molar refractivity (Wildman–Crippen MR) is 62.9 cm³/mol. The lowest BCUT2D eigenvalue weighted by molar-refractivity contribution is -0.146. The molecule has 0 rings (SSSR count). The minimum atomic E-state index is -0.752. The van der Waals surface area contributed by atoms with Gasteiger partial charge in [-0.2, -0.15) is 0 Å². The van der Waals surface area contributed by atoms with Gasteiger partial charge in [-0.3, -0.25) is 4.79 Å². The number of hydrogen-bond acceptors (Lipinski definition) is 2. The van der Waals surface area contributed by atoms with Crippen LogP contribution in [-0.2, 0) is 4.79 Å². The van der Waals surface area contributed by atoms with E-state index in [2.05, 4.69) is 33.0 Å². The Morgan fingerprint density at radius 3 is 2.00 bits per heavy atom. The van der Waals surface area contributed by atoms with E-state index in [4.69, 9.17) is 5.11 Å². The first-order valence-electron chi connectivity index (χ1n) is 5.54. The number of carboxylic acid groups (broad SMARTS) is 1. The number of carbonyl (C=O) groups is 1. The monoisotopic (exact) mass is 215 g/mol. The first-order valence-corrected chi connectivity index (χ1v) is 5.54. The lowest BCUT2D eigenvalue weighted by atomic mass is 9.81. The summed E-state index contributed by atoms with van der Waals surface area (Å²) in [6.45, 7) is 13.6. The molecule has 0 saturated carbocycles. The fraction of sp³-hybridized carbons (Fsp3) is 0.917. The zero-order chi connectivity index (χ0) is 12.3. The van der Waals surface area contributed by atoms with Crippen LogP contribution in [0.4, 0.5) is 0 Å². The molecule has 90 valence electrons. The first kappa shape index (κ1) is 14.4. The van der Waals surface area contributed by atoms with Gasteiger partial charge in [0.25, 0.3) is 0 Å². The number of nitrogens with one attached hydrogen (secondary N) is 1. The van der Waals surface area contributed by atoms with Gasteiger partial charge in [-0.15, -0.1) is 0 Å². The van der Waals surface area contributed by atoms with Gasteiger partial charge in [-0.25, -0.2) is 0 Å². The Bertz CT molecular complexity index is 220. The molecule has 0 atom stereocenters. The summed E-state index contributed by atoms with van der Waals surface area (Å²) in [5.41, 5.74) is -0.484. The maximum Gasteiger partial charge on any atom is 0.310 e. The maximum absolute atomic E-state index is 10.9. The van der Waals surface area contributed by atoms with Gasteiger partial charge in [0.05, 0.1) is 5.41 Å². The number of aliphatic carboxylic acids is 1. The zero-order valence-corrected chi connectivity index (χ0v) is 10.8. The Balaban J connectivity index is 4.05. The van der Waals surface area contributed by atoms with Crippen molar-refractivity contribution in [3.8, 4) is 0 Å². The van der Waals surface area contributed by atoms with Gasteiger partial charge in [0.1, 0.15) is 0 Å². The topological polar surface area (TPSA) is 49.3 Å². The maximum atomic E-state index is 10.9. The van der Waals surface area contributed by atoms with Crippen molar-refractivity contribution in [2.45, 2.75) is 41.5 Å². The Kier molecular flexibility index (Phi) is 4.78. The summed E-state index contributed by atoms with van der Waals surface area (Å²) in [6, 6.07) is 0. The molecule has 0 aromatic rings. The second kappa shape index (κ2) is 4.97. The van der Waals surface area contributed by atoms with Crippen LogP contribution in [-0.4, -0.2) is 24.2 Å². The van der Waals surface area contributed by atoms with Crippen molar-refractivity contribution in [3.63, 3.8) is 0 Å². The molecule has 0 aromatic heterocycles. The van der Waals surface area contributed by atoms with Gasteiger partial charge in [0.2, 0.25) is 0 Å². The fourth-order valence-corrected chi connectivity index (χ4v) is 0.977. The van der Waals surface area contributed by atoms with Gasteiger partial charge >= 0.3 is 5.97 Å². The lowest BCUT2D eigenvalue weighted by Crippen LogP contribution is -2.41. The van der Waals surface area contributed by atoms with E-state index in [0.717, 1.165) is 6.54 Å². The summed E-state index contributed by atoms with van der Waals surface area (Å²) >= 11 is 0. The van der Waals surface area contributed by atoms with E-state index in [1.54, 1.807) is 13.8 Å². The smallest absolute Gasteiger partial charge is 0.310 e. The molecule has 0 unspecified atom stereocenters. The molecule has 0 aliphatic rings. The molecule has 3 nitrogen and oxygen atoms in total. The molecule has 0 amide bonds. The molecule has 0 aliphatic heterocycles. The van der Waals surface area contributed by atoms with Crippen LogP contribution >= 0.6 is 0 Å². The molecular formula is C12H25NO2. The van der Waals surface area contributed by atoms with E-state index < -0.39 is 11.4 Å². The summed E-state index contributed by atoms with van der Waals surface area (Å²) in [5, 5.41) is 12.2. The Morgan fingerprint density at radius 1 is 1.20 bits per heavy atom. The highest BCUT2D eigenvalue weighted by atomic mass is 16.4. The van der Waals surface area contributed by atoms with Crippen LogP contribution in [0.2, 0.25) is 0 Å². The fourth-order valence-electron chi connectivity index (χ4n) is 0.977. The standard InChI is InChI=1S/C12H25NO2/c1-9(2)11(3,4)7-13-8-12(5,6)10(14)15/h9,13H,7-8H2,1-6H3,(H,14,15). The molecule has 0 heterocycles. The molecule has 0 bridgehead atoms. The van der Waals surface area contributed by atoms with Crippen molar-refractivity contribution < 1.29 is 9.90 Å². The van der Waals surface area contributed by atoms with Crippen molar-refractivity contribution >= 4 is 5.97 Å². The van der Waals surface area contributed by atoms with Gasteiger partial charge in [-0.1, -0.05) is 27.7 Å². The number of rotatable bonds is 6. The van der Waals surface area contributed by atoms with Crippen LogP contribution in [0.1, 0.15) is 41.5 Å². The Labute approximate surface area is 93.3 Å². The van der Waals surface area contributed by atoms with E-state index in [1.807, 2.05) is 0 Å². The summed E-state index contributed by atoms with van der Waals surface area (Å²) in [7, 11) is 0. The van der Waals surface area contributed by atoms with Gasteiger partial charge in [0, 0.05) is 13.1 Å². The molecular weight excluding hydrogens is 190 g/mol. The van der Waals surface area contributed by atoms with E-state index in [9.17, 15) is 4.79 Å². The highest BCUT2D eigenvalue weighted by molar-refractivity contribution is 5.73. The summed E-state index contributed by atoms with van der Waals surface area (Å²) in [4.78, 5) is 10.9. The predicted octanol–water partition coefficient (Wildman–Crippen LogP) is 2.37. The average molecular weight is 215 g/mol. The highest BCUT2D eigenvalue weighted by Crippen LogP contribution is 2.25. The third-order valence-corrected chi connectivity index (χ3v) is 3.29. The summed E-state index contributed by atoms with van der Waals surface area (Å²) < 4.78 is 0. The number of hydrogen-bond donors (Lipinski definition) is 2. The minimum Gasteiger partial charge on any atom is -0.481 e. The van der Waals surface area contributed by atoms with Crippen LogP contribution in [0.15, 0.2) is 0 Å². The molecule has 0 fully saturated rings.